The van der Waals surface area contributed by atoms with Crippen molar-refractivity contribution in [2.24, 2.45) is 22.7 Å². The molecule has 166 valence electrons. The van der Waals surface area contributed by atoms with Crippen molar-refractivity contribution < 1.29 is 22.4 Å². The van der Waals surface area contributed by atoms with Gasteiger partial charge in [-0.1, -0.05) is 32.0 Å². The molecule has 0 bridgehead atoms. The minimum atomic E-state index is -1.72. The van der Waals surface area contributed by atoms with E-state index in [1.807, 2.05) is 32.0 Å². The van der Waals surface area contributed by atoms with E-state index in [0.29, 0.717) is 42.6 Å². The van der Waals surface area contributed by atoms with E-state index in [0.717, 1.165) is 6.42 Å². The Hall–Kier alpha value is -1.66. The van der Waals surface area contributed by atoms with Crippen molar-refractivity contribution >= 4 is 22.6 Å². The molecule has 0 radical (unpaired) electrons. The van der Waals surface area contributed by atoms with E-state index in [9.17, 15) is 13.8 Å². The first kappa shape index (κ1) is 21.2. The molecule has 0 spiro atoms. The van der Waals surface area contributed by atoms with Gasteiger partial charge in [0.05, 0.1) is 10.5 Å². The molecule has 0 aliphatic heterocycles. The number of carbonyl (C=O) groups excluding carboxylic acids is 2. The number of Topliss-reactive ketones (excluding diaryl/α,β-unsaturated/α-hetero) is 1. The van der Waals surface area contributed by atoms with Crippen molar-refractivity contribution in [2.45, 2.75) is 75.5 Å². The number of alkyl halides is 1. The van der Waals surface area contributed by atoms with Gasteiger partial charge in [0.2, 0.25) is 0 Å². The lowest BCUT2D eigenvalue weighted by molar-refractivity contribution is -0.177. The summed E-state index contributed by atoms with van der Waals surface area (Å²) in [6.07, 6.45) is 3.72. The number of ketones is 2. The largest absolute Gasteiger partial charge is 0.299 e. The highest BCUT2D eigenvalue weighted by molar-refractivity contribution is 7.80. The third-order valence-electron chi connectivity index (χ3n) is 8.96. The quantitative estimate of drug-likeness (QED) is 0.666. The van der Waals surface area contributed by atoms with Gasteiger partial charge in [0, 0.05) is 23.7 Å². The number of halogens is 1. The Morgan fingerprint density at radius 3 is 2.52 bits per heavy atom. The number of carbonyl (C=O) groups is 2. The summed E-state index contributed by atoms with van der Waals surface area (Å²) in [7, 11) is 0. The van der Waals surface area contributed by atoms with Crippen molar-refractivity contribution in [1.29, 1.82) is 0 Å². The lowest BCUT2D eigenvalue weighted by atomic mass is 9.44. The number of hydrogen-bond acceptors (Lipinski definition) is 4. The van der Waals surface area contributed by atoms with E-state index in [-0.39, 0.29) is 29.8 Å². The van der Waals surface area contributed by atoms with E-state index < -0.39 is 33.7 Å². The summed E-state index contributed by atoms with van der Waals surface area (Å²) < 4.78 is 35.5. The highest BCUT2D eigenvalue weighted by atomic mass is 32.2. The molecule has 3 saturated carbocycles. The molecule has 1 aromatic rings. The molecule has 1 aromatic carbocycles. The van der Waals surface area contributed by atoms with E-state index in [1.165, 1.54) is 6.08 Å². The van der Waals surface area contributed by atoms with Crippen LogP contribution in [0.3, 0.4) is 0 Å². The van der Waals surface area contributed by atoms with Crippen LogP contribution in [-0.4, -0.2) is 27.5 Å². The Morgan fingerprint density at radius 2 is 1.77 bits per heavy atom. The van der Waals surface area contributed by atoms with Gasteiger partial charge in [0.15, 0.2) is 16.9 Å². The Balaban J connectivity index is 1.64. The zero-order valence-electron chi connectivity index (χ0n) is 18.1. The molecule has 3 fully saturated rings. The lowest BCUT2D eigenvalue weighted by Crippen LogP contribution is -2.66. The van der Waals surface area contributed by atoms with Gasteiger partial charge in [0.25, 0.3) is 0 Å². The van der Waals surface area contributed by atoms with Gasteiger partial charge >= 0.3 is 0 Å². The van der Waals surface area contributed by atoms with Gasteiger partial charge in [-0.3, -0.25) is 13.8 Å². The van der Waals surface area contributed by atoms with Crippen LogP contribution in [0.5, 0.6) is 0 Å². The summed E-state index contributed by atoms with van der Waals surface area (Å²) in [6.45, 7) is 4.02. The molecule has 0 heterocycles. The maximum Gasteiger partial charge on any atom is 0.189 e. The summed E-state index contributed by atoms with van der Waals surface area (Å²) in [4.78, 5) is 25.6. The second-order valence-electron chi connectivity index (χ2n) is 10.2. The first-order chi connectivity index (χ1) is 14.7. The Kier molecular flexibility index (Phi) is 4.91. The Bertz CT molecular complexity index is 990. The molecular formula is C25H29FO4S. The zero-order chi connectivity index (χ0) is 22.0. The van der Waals surface area contributed by atoms with Crippen molar-refractivity contribution in [1.82, 2.24) is 0 Å². The maximum absolute atomic E-state index is 15.6. The number of rotatable bonds is 3. The SMILES string of the molecule is C[C@]12CCC(=O)C=C1[C@@H](F)C[C@H]1[C@@H]3CCC(=O)[C@@]3(C)CC[C@@]12OS(=O)c1ccccc1. The average molecular weight is 445 g/mol. The molecule has 0 saturated heterocycles. The molecule has 1 unspecified atom stereocenters. The van der Waals surface area contributed by atoms with E-state index in [2.05, 4.69) is 0 Å². The Morgan fingerprint density at radius 1 is 1.03 bits per heavy atom. The van der Waals surface area contributed by atoms with Crippen LogP contribution in [0.2, 0.25) is 0 Å². The number of benzene rings is 1. The van der Waals surface area contributed by atoms with Crippen molar-refractivity contribution in [3.8, 4) is 0 Å². The zero-order valence-corrected chi connectivity index (χ0v) is 18.9. The minimum Gasteiger partial charge on any atom is -0.299 e. The Labute approximate surface area is 185 Å². The standard InChI is InChI=1S/C25H29FO4S/c1-23-12-13-25(30-31(29)17-6-4-3-5-7-17)19(18(23)8-9-22(23)28)15-21(26)20-14-16(27)10-11-24(20,25)2/h3-7,14,18-19,21H,8-13,15H2,1-2H3/t18-,19-,21-,23-,24-,25+,31?/m0/s1. The molecule has 0 aromatic heterocycles. The molecule has 31 heavy (non-hydrogen) atoms. The van der Waals surface area contributed by atoms with Gasteiger partial charge in [-0.2, -0.15) is 0 Å². The topological polar surface area (TPSA) is 60.4 Å². The normalized spacial score (nSPS) is 42.9. The molecular weight excluding hydrogens is 415 g/mol. The molecule has 4 aliphatic rings. The van der Waals surface area contributed by atoms with Gasteiger partial charge in [-0.15, -0.1) is 0 Å². The van der Waals surface area contributed by atoms with Gasteiger partial charge in [-0.05, 0) is 67.7 Å². The molecule has 6 heteroatoms. The summed E-state index contributed by atoms with van der Waals surface area (Å²) >= 11 is -1.72. The predicted molar refractivity (Wildman–Crippen MR) is 115 cm³/mol. The smallest absolute Gasteiger partial charge is 0.189 e. The van der Waals surface area contributed by atoms with Crippen LogP contribution in [0.4, 0.5) is 4.39 Å². The molecule has 0 N–H and O–H groups in total. The predicted octanol–water partition coefficient (Wildman–Crippen LogP) is 4.90. The average Bonchev–Trinajstić information content (AvgIpc) is 3.06. The van der Waals surface area contributed by atoms with Crippen molar-refractivity contribution in [2.75, 3.05) is 0 Å². The summed E-state index contributed by atoms with van der Waals surface area (Å²) in [5.41, 5.74) is -1.55. The molecule has 7 atom stereocenters. The van der Waals surface area contributed by atoms with Crippen molar-refractivity contribution in [3.63, 3.8) is 0 Å². The third-order valence-corrected chi connectivity index (χ3v) is 10.1. The van der Waals surface area contributed by atoms with E-state index in [4.69, 9.17) is 4.18 Å². The van der Waals surface area contributed by atoms with E-state index >= 15 is 4.39 Å². The third kappa shape index (κ3) is 2.90. The lowest BCUT2D eigenvalue weighted by Gasteiger charge is -2.63. The highest BCUT2D eigenvalue weighted by Gasteiger charge is 2.69. The molecule has 0 amide bonds. The van der Waals surface area contributed by atoms with Crippen LogP contribution in [0.15, 0.2) is 46.9 Å². The van der Waals surface area contributed by atoms with Gasteiger partial charge in [0.1, 0.15) is 12.0 Å². The highest BCUT2D eigenvalue weighted by Crippen LogP contribution is 2.68. The summed E-state index contributed by atoms with van der Waals surface area (Å²) in [5.74, 6) is 0.00657. The second-order valence-corrected chi connectivity index (χ2v) is 11.3. The molecule has 5 rings (SSSR count). The molecule has 4 nitrogen and oxygen atoms in total. The summed E-state index contributed by atoms with van der Waals surface area (Å²) in [5, 5.41) is 0. The van der Waals surface area contributed by atoms with E-state index in [1.54, 1.807) is 12.1 Å². The maximum atomic E-state index is 15.6. The fourth-order valence-corrected chi connectivity index (χ4v) is 8.27. The van der Waals surface area contributed by atoms with Gasteiger partial charge in [-0.25, -0.2) is 8.60 Å². The second kappa shape index (κ2) is 7.17. The van der Waals surface area contributed by atoms with Crippen LogP contribution in [-0.2, 0) is 24.9 Å². The fourth-order valence-electron chi connectivity index (χ4n) is 7.14. The van der Waals surface area contributed by atoms with Crippen molar-refractivity contribution in [3.05, 3.63) is 42.0 Å². The van der Waals surface area contributed by atoms with Crippen LogP contribution >= 0.6 is 0 Å². The van der Waals surface area contributed by atoms with Crippen LogP contribution in [0.25, 0.3) is 0 Å². The van der Waals surface area contributed by atoms with Gasteiger partial charge < -0.3 is 0 Å². The number of fused-ring (bicyclic) bond motifs is 5. The molecule has 4 aliphatic carbocycles. The van der Waals surface area contributed by atoms with Crippen LogP contribution in [0.1, 0.15) is 58.8 Å². The van der Waals surface area contributed by atoms with Crippen LogP contribution < -0.4 is 0 Å². The first-order valence-corrected chi connectivity index (χ1v) is 12.4. The monoisotopic (exact) mass is 444 g/mol. The minimum absolute atomic E-state index is 0.00998. The summed E-state index contributed by atoms with van der Waals surface area (Å²) in [6, 6.07) is 9.06. The number of hydrogen-bond donors (Lipinski definition) is 0. The van der Waals surface area contributed by atoms with Crippen LogP contribution in [0, 0.1) is 22.7 Å². The first-order valence-electron chi connectivity index (χ1n) is 11.3. The fraction of sp³-hybridized carbons (Fsp3) is 0.600.